The van der Waals surface area contributed by atoms with Crippen molar-refractivity contribution in [3.63, 3.8) is 0 Å². The van der Waals surface area contributed by atoms with E-state index >= 15 is 0 Å². The van der Waals surface area contributed by atoms with Gasteiger partial charge in [0.05, 0.1) is 11.4 Å². The van der Waals surface area contributed by atoms with Gasteiger partial charge in [-0.1, -0.05) is 23.4 Å². The third-order valence-corrected chi connectivity index (χ3v) is 4.68. The fourth-order valence-electron chi connectivity index (χ4n) is 1.74. The topological polar surface area (TPSA) is 55.1 Å². The highest BCUT2D eigenvalue weighted by molar-refractivity contribution is 9.10. The van der Waals surface area contributed by atoms with Gasteiger partial charge < -0.3 is 5.11 Å². The van der Waals surface area contributed by atoms with Crippen LogP contribution in [0.1, 0.15) is 11.3 Å². The van der Waals surface area contributed by atoms with Gasteiger partial charge in [0.15, 0.2) is 5.16 Å². The van der Waals surface area contributed by atoms with Crippen molar-refractivity contribution in [2.24, 2.45) is 0 Å². The molecule has 0 atom stereocenters. The van der Waals surface area contributed by atoms with E-state index < -0.39 is 5.97 Å². The average Bonchev–Trinajstić information content (AvgIpc) is 2.73. The Bertz CT molecular complexity index is 673. The summed E-state index contributed by atoms with van der Waals surface area (Å²) in [5.74, 6) is -0.906. The van der Waals surface area contributed by atoms with Gasteiger partial charge in [0.2, 0.25) is 0 Å². The molecule has 0 unspecified atom stereocenters. The second-order valence-electron chi connectivity index (χ2n) is 4.25. The predicted octanol–water partition coefficient (Wildman–Crippen LogP) is 4.08. The summed E-state index contributed by atoms with van der Waals surface area (Å²) in [6, 6.07) is 3.78. The number of aliphatic carboxylic acids is 1. The lowest BCUT2D eigenvalue weighted by molar-refractivity contribution is -0.133. The normalized spacial score (nSPS) is 10.8. The highest BCUT2D eigenvalue weighted by Gasteiger charge is 2.15. The van der Waals surface area contributed by atoms with Gasteiger partial charge in [0.25, 0.3) is 0 Å². The van der Waals surface area contributed by atoms with E-state index in [1.807, 2.05) is 30.5 Å². The Morgan fingerprint density at radius 2 is 2.20 bits per heavy atom. The minimum absolute atomic E-state index is 0.0341. The zero-order chi connectivity index (χ0) is 14.9. The summed E-state index contributed by atoms with van der Waals surface area (Å²) in [7, 11) is 0. The van der Waals surface area contributed by atoms with Gasteiger partial charge in [0, 0.05) is 21.4 Å². The van der Waals surface area contributed by atoms with Crippen molar-refractivity contribution in [1.82, 2.24) is 9.55 Å². The molecule has 0 radical (unpaired) electrons. The Hall–Kier alpha value is -0.980. The maximum Gasteiger partial charge on any atom is 0.313 e. The number of carboxylic acids is 1. The molecule has 0 saturated heterocycles. The number of benzene rings is 1. The van der Waals surface area contributed by atoms with Crippen LogP contribution in [0, 0.1) is 13.8 Å². The molecule has 4 nitrogen and oxygen atoms in total. The summed E-state index contributed by atoms with van der Waals surface area (Å²) in [4.78, 5) is 15.0. The molecule has 2 rings (SSSR count). The molecule has 1 aromatic heterocycles. The maximum atomic E-state index is 10.7. The smallest absolute Gasteiger partial charge is 0.313 e. The maximum absolute atomic E-state index is 10.7. The number of carbonyl (C=O) groups is 1. The fraction of sp³-hybridized carbons (Fsp3) is 0.231. The summed E-state index contributed by atoms with van der Waals surface area (Å²) >= 11 is 10.9. The number of rotatable bonds is 4. The number of hydrogen-bond acceptors (Lipinski definition) is 3. The van der Waals surface area contributed by atoms with Crippen LogP contribution in [0.15, 0.2) is 28.0 Å². The lowest BCUT2D eigenvalue weighted by atomic mass is 10.2. The monoisotopic (exact) mass is 374 g/mol. The van der Waals surface area contributed by atoms with Crippen molar-refractivity contribution < 1.29 is 9.90 Å². The highest BCUT2D eigenvalue weighted by atomic mass is 79.9. The summed E-state index contributed by atoms with van der Waals surface area (Å²) < 4.78 is 2.78. The molecule has 0 fully saturated rings. The Morgan fingerprint density at radius 3 is 2.85 bits per heavy atom. The van der Waals surface area contributed by atoms with Crippen molar-refractivity contribution in [1.29, 1.82) is 0 Å². The van der Waals surface area contributed by atoms with Crippen molar-refractivity contribution >= 4 is 45.3 Å². The van der Waals surface area contributed by atoms with Gasteiger partial charge in [-0.3, -0.25) is 9.36 Å². The molecule has 106 valence electrons. The first-order valence-electron chi connectivity index (χ1n) is 5.75. The standard InChI is InChI=1S/C13H12BrClN2O2S/c1-7-3-9(14)11(4-10(7)15)17-8(2)5-16-13(17)20-6-12(18)19/h3-5H,6H2,1-2H3,(H,18,19). The Balaban J connectivity index is 2.49. The molecular weight excluding hydrogens is 364 g/mol. The number of hydrogen-bond donors (Lipinski definition) is 1. The first kappa shape index (κ1) is 15.4. The lowest BCUT2D eigenvalue weighted by Gasteiger charge is -2.13. The lowest BCUT2D eigenvalue weighted by Crippen LogP contribution is -2.04. The number of halogens is 2. The number of imidazole rings is 1. The summed E-state index contributed by atoms with van der Waals surface area (Å²) in [6.45, 7) is 3.84. The van der Waals surface area contributed by atoms with Crippen LogP contribution >= 0.6 is 39.3 Å². The van der Waals surface area contributed by atoms with Gasteiger partial charge in [0.1, 0.15) is 0 Å². The van der Waals surface area contributed by atoms with Gasteiger partial charge in [-0.25, -0.2) is 4.98 Å². The Morgan fingerprint density at radius 1 is 1.50 bits per heavy atom. The zero-order valence-corrected chi connectivity index (χ0v) is 14.0. The summed E-state index contributed by atoms with van der Waals surface area (Å²) in [5, 5.41) is 10.1. The van der Waals surface area contributed by atoms with E-state index in [9.17, 15) is 4.79 Å². The SMILES string of the molecule is Cc1cc(Br)c(-n2c(C)cnc2SCC(=O)O)cc1Cl. The van der Waals surface area contributed by atoms with Crippen molar-refractivity contribution in [3.05, 3.63) is 39.1 Å². The molecule has 0 saturated carbocycles. The second kappa shape index (κ2) is 6.20. The molecule has 1 aromatic carbocycles. The molecule has 0 spiro atoms. The quantitative estimate of drug-likeness (QED) is 0.818. The summed E-state index contributed by atoms with van der Waals surface area (Å²) in [6.07, 6.45) is 1.71. The first-order chi connectivity index (χ1) is 9.40. The third kappa shape index (κ3) is 3.19. The molecule has 1 heterocycles. The average molecular weight is 376 g/mol. The minimum atomic E-state index is -0.872. The third-order valence-electron chi connectivity index (χ3n) is 2.70. The van der Waals surface area contributed by atoms with E-state index in [-0.39, 0.29) is 5.75 Å². The minimum Gasteiger partial charge on any atom is -0.481 e. The van der Waals surface area contributed by atoms with E-state index in [4.69, 9.17) is 16.7 Å². The molecule has 0 aliphatic heterocycles. The van der Waals surface area contributed by atoms with Crippen molar-refractivity contribution in [2.45, 2.75) is 19.0 Å². The van der Waals surface area contributed by atoms with Crippen LogP contribution in [0.4, 0.5) is 0 Å². The van der Waals surface area contributed by atoms with Gasteiger partial charge in [-0.15, -0.1) is 0 Å². The molecular formula is C13H12BrClN2O2S. The van der Waals surface area contributed by atoms with Crippen LogP contribution in [0.5, 0.6) is 0 Å². The van der Waals surface area contributed by atoms with E-state index in [1.165, 1.54) is 11.8 Å². The molecule has 20 heavy (non-hydrogen) atoms. The van der Waals surface area contributed by atoms with Crippen LogP contribution in [0.25, 0.3) is 5.69 Å². The van der Waals surface area contributed by atoms with E-state index in [0.717, 1.165) is 21.4 Å². The summed E-state index contributed by atoms with van der Waals surface area (Å²) in [5.41, 5.74) is 2.74. The number of nitrogens with zero attached hydrogens (tertiary/aromatic N) is 2. The Kier molecular flexibility index (Phi) is 4.78. The van der Waals surface area contributed by atoms with Crippen molar-refractivity contribution in [2.75, 3.05) is 5.75 Å². The molecule has 0 aliphatic carbocycles. The zero-order valence-electron chi connectivity index (χ0n) is 10.9. The van der Waals surface area contributed by atoms with Crippen LogP contribution in [-0.4, -0.2) is 26.4 Å². The van der Waals surface area contributed by atoms with Crippen LogP contribution in [0.2, 0.25) is 5.02 Å². The van der Waals surface area contributed by atoms with Crippen molar-refractivity contribution in [3.8, 4) is 5.69 Å². The number of thioether (sulfide) groups is 1. The molecule has 1 N–H and O–H groups in total. The van der Waals surface area contributed by atoms with Crippen LogP contribution in [-0.2, 0) is 4.79 Å². The number of carboxylic acid groups (broad SMARTS) is 1. The predicted molar refractivity (Wildman–Crippen MR) is 84.1 cm³/mol. The van der Waals surface area contributed by atoms with Gasteiger partial charge in [-0.2, -0.15) is 0 Å². The van der Waals surface area contributed by atoms with E-state index in [2.05, 4.69) is 20.9 Å². The Labute approximate surface area is 134 Å². The van der Waals surface area contributed by atoms with Gasteiger partial charge >= 0.3 is 5.97 Å². The highest BCUT2D eigenvalue weighted by Crippen LogP contribution is 2.32. The first-order valence-corrected chi connectivity index (χ1v) is 7.90. The largest absolute Gasteiger partial charge is 0.481 e. The van der Waals surface area contributed by atoms with Crippen LogP contribution < -0.4 is 0 Å². The van der Waals surface area contributed by atoms with Gasteiger partial charge in [-0.05, 0) is 47.5 Å². The fourth-order valence-corrected chi connectivity index (χ4v) is 3.29. The second-order valence-corrected chi connectivity index (χ2v) is 6.46. The molecule has 0 bridgehead atoms. The van der Waals surface area contributed by atoms with E-state index in [0.29, 0.717) is 10.2 Å². The molecule has 0 aliphatic rings. The molecule has 7 heteroatoms. The van der Waals surface area contributed by atoms with Crippen LogP contribution in [0.3, 0.4) is 0 Å². The molecule has 2 aromatic rings. The number of aromatic nitrogens is 2. The molecule has 0 amide bonds. The number of aryl methyl sites for hydroxylation is 2. The van der Waals surface area contributed by atoms with E-state index in [1.54, 1.807) is 6.20 Å².